The Morgan fingerprint density at radius 3 is 2.61 bits per heavy atom. The molecule has 2 rings (SSSR count). The molecule has 1 unspecified atom stereocenters. The molecule has 98 valence electrons. The Hall–Kier alpha value is 0.0800. The molecule has 0 radical (unpaired) electrons. The summed E-state index contributed by atoms with van der Waals surface area (Å²) in [6.45, 7) is 1.79. The molecule has 18 heavy (non-hydrogen) atoms. The van der Waals surface area contributed by atoms with Gasteiger partial charge in [0.2, 0.25) is 0 Å². The Balaban J connectivity index is 2.21. The van der Waals surface area contributed by atoms with Crippen molar-refractivity contribution >= 4 is 60.2 Å². The van der Waals surface area contributed by atoms with E-state index in [2.05, 4.69) is 20.7 Å². The average molecular weight is 387 g/mol. The average Bonchev–Trinajstić information content (AvgIpc) is 2.86. The molecule has 2 aromatic rings. The zero-order chi connectivity index (χ0) is 13.3. The molecule has 0 spiro atoms. The summed E-state index contributed by atoms with van der Waals surface area (Å²) in [5.74, 6) is 0. The highest BCUT2D eigenvalue weighted by Crippen LogP contribution is 2.31. The van der Waals surface area contributed by atoms with Crippen LogP contribution in [-0.4, -0.2) is 8.42 Å². The molecule has 0 aromatic carbocycles. The minimum Gasteiger partial charge on any atom is -0.206 e. The zero-order valence-corrected chi connectivity index (χ0v) is 14.0. The van der Waals surface area contributed by atoms with E-state index in [0.29, 0.717) is 8.81 Å². The van der Waals surface area contributed by atoms with Crippen molar-refractivity contribution < 1.29 is 8.42 Å². The van der Waals surface area contributed by atoms with Crippen LogP contribution < -0.4 is 4.72 Å². The van der Waals surface area contributed by atoms with Crippen molar-refractivity contribution in [3.63, 3.8) is 0 Å². The quantitative estimate of drug-likeness (QED) is 0.853. The number of rotatable bonds is 4. The van der Waals surface area contributed by atoms with Crippen LogP contribution in [0.2, 0.25) is 4.34 Å². The fraction of sp³-hybridized carbons (Fsp3) is 0.200. The lowest BCUT2D eigenvalue weighted by molar-refractivity contribution is 0.570. The monoisotopic (exact) mass is 385 g/mol. The summed E-state index contributed by atoms with van der Waals surface area (Å²) in [6.07, 6.45) is 0. The molecule has 1 atom stereocenters. The van der Waals surface area contributed by atoms with Crippen LogP contribution in [-0.2, 0) is 10.0 Å². The van der Waals surface area contributed by atoms with Gasteiger partial charge in [0, 0.05) is 9.35 Å². The maximum Gasteiger partial charge on any atom is 0.251 e. The van der Waals surface area contributed by atoms with Crippen molar-refractivity contribution in [2.24, 2.45) is 0 Å². The third-order valence-electron chi connectivity index (χ3n) is 2.18. The van der Waals surface area contributed by atoms with E-state index < -0.39 is 10.0 Å². The van der Waals surface area contributed by atoms with Gasteiger partial charge in [0.25, 0.3) is 10.0 Å². The molecule has 3 nitrogen and oxygen atoms in total. The molecule has 0 aliphatic carbocycles. The summed E-state index contributed by atoms with van der Waals surface area (Å²) in [6, 6.07) is 4.99. The van der Waals surface area contributed by atoms with Crippen LogP contribution in [0.1, 0.15) is 17.8 Å². The van der Waals surface area contributed by atoms with Crippen LogP contribution in [0.4, 0.5) is 0 Å². The minimum absolute atomic E-state index is 0.289. The molecule has 0 aliphatic heterocycles. The SMILES string of the molecule is CC(NS(=O)(=O)c1sccc1Br)c1ccc(Cl)s1. The van der Waals surface area contributed by atoms with Crippen molar-refractivity contribution in [1.29, 1.82) is 0 Å². The van der Waals surface area contributed by atoms with Gasteiger partial charge in [-0.15, -0.1) is 22.7 Å². The summed E-state index contributed by atoms with van der Waals surface area (Å²) < 4.78 is 28.4. The van der Waals surface area contributed by atoms with E-state index in [1.165, 1.54) is 22.7 Å². The molecule has 8 heteroatoms. The molecule has 0 fully saturated rings. The van der Waals surface area contributed by atoms with Crippen LogP contribution >= 0.6 is 50.2 Å². The van der Waals surface area contributed by atoms with Gasteiger partial charge in [0.1, 0.15) is 4.21 Å². The highest BCUT2D eigenvalue weighted by molar-refractivity contribution is 9.10. The fourth-order valence-electron chi connectivity index (χ4n) is 1.38. The van der Waals surface area contributed by atoms with Crippen molar-refractivity contribution in [3.05, 3.63) is 37.3 Å². The van der Waals surface area contributed by atoms with E-state index in [1.807, 2.05) is 6.07 Å². The Morgan fingerprint density at radius 2 is 2.11 bits per heavy atom. The first-order valence-corrected chi connectivity index (χ1v) is 9.26. The summed E-state index contributed by atoms with van der Waals surface area (Å²) in [7, 11) is -3.50. The number of hydrogen-bond acceptors (Lipinski definition) is 4. The predicted molar refractivity (Wildman–Crippen MR) is 80.1 cm³/mol. The van der Waals surface area contributed by atoms with Crippen molar-refractivity contribution in [2.45, 2.75) is 17.2 Å². The van der Waals surface area contributed by atoms with Gasteiger partial charge in [0.15, 0.2) is 0 Å². The van der Waals surface area contributed by atoms with Gasteiger partial charge in [-0.2, -0.15) is 0 Å². The van der Waals surface area contributed by atoms with Gasteiger partial charge in [0.05, 0.1) is 10.4 Å². The van der Waals surface area contributed by atoms with E-state index in [0.717, 1.165) is 4.88 Å². The van der Waals surface area contributed by atoms with Gasteiger partial charge in [-0.05, 0) is 46.4 Å². The summed E-state index contributed by atoms with van der Waals surface area (Å²) in [5, 5.41) is 1.73. The highest BCUT2D eigenvalue weighted by Gasteiger charge is 2.22. The number of nitrogens with one attached hydrogen (secondary N) is 1. The topological polar surface area (TPSA) is 46.2 Å². The molecule has 0 bridgehead atoms. The van der Waals surface area contributed by atoms with E-state index in [-0.39, 0.29) is 10.3 Å². The van der Waals surface area contributed by atoms with Crippen LogP contribution in [0.25, 0.3) is 0 Å². The summed E-state index contributed by atoms with van der Waals surface area (Å²) in [4.78, 5) is 0.885. The maximum atomic E-state index is 12.1. The van der Waals surface area contributed by atoms with Crippen LogP contribution in [0, 0.1) is 0 Å². The maximum absolute atomic E-state index is 12.1. The molecule has 2 aromatic heterocycles. The molecule has 0 saturated heterocycles. The normalized spacial score (nSPS) is 13.7. The lowest BCUT2D eigenvalue weighted by atomic mass is 10.3. The van der Waals surface area contributed by atoms with E-state index in [9.17, 15) is 8.42 Å². The molecule has 0 amide bonds. The van der Waals surface area contributed by atoms with Crippen molar-refractivity contribution in [3.8, 4) is 0 Å². The second-order valence-electron chi connectivity index (χ2n) is 3.54. The van der Waals surface area contributed by atoms with E-state index >= 15 is 0 Å². The third kappa shape index (κ3) is 3.15. The van der Waals surface area contributed by atoms with Gasteiger partial charge in [-0.25, -0.2) is 13.1 Å². The summed E-state index contributed by atoms with van der Waals surface area (Å²) >= 11 is 11.6. The lowest BCUT2D eigenvalue weighted by Gasteiger charge is -2.11. The van der Waals surface area contributed by atoms with Gasteiger partial charge >= 0.3 is 0 Å². The Labute approximate surface area is 127 Å². The molecule has 1 N–H and O–H groups in total. The number of halogens is 2. The molecular formula is C10H9BrClNO2S3. The lowest BCUT2D eigenvalue weighted by Crippen LogP contribution is -2.25. The first-order chi connectivity index (χ1) is 8.40. The van der Waals surface area contributed by atoms with Gasteiger partial charge in [-0.1, -0.05) is 11.6 Å². The minimum atomic E-state index is -3.50. The molecule has 0 saturated carbocycles. The fourth-order valence-corrected chi connectivity index (χ4v) is 6.09. The predicted octanol–water partition coefficient (Wildman–Crippen LogP) is 4.27. The Kier molecular flexibility index (Phi) is 4.51. The molecular weight excluding hydrogens is 378 g/mol. The Bertz CT molecular complexity index is 650. The first-order valence-electron chi connectivity index (χ1n) is 4.91. The van der Waals surface area contributed by atoms with Crippen molar-refractivity contribution in [2.75, 3.05) is 0 Å². The zero-order valence-electron chi connectivity index (χ0n) is 9.18. The second kappa shape index (κ2) is 5.60. The van der Waals surface area contributed by atoms with Gasteiger partial charge in [-0.3, -0.25) is 0 Å². The highest BCUT2D eigenvalue weighted by atomic mass is 79.9. The Morgan fingerprint density at radius 1 is 1.39 bits per heavy atom. The number of thiophene rings is 2. The van der Waals surface area contributed by atoms with E-state index in [4.69, 9.17) is 11.6 Å². The largest absolute Gasteiger partial charge is 0.251 e. The smallest absolute Gasteiger partial charge is 0.206 e. The number of hydrogen-bond donors (Lipinski definition) is 1. The van der Waals surface area contributed by atoms with Crippen LogP contribution in [0.15, 0.2) is 32.3 Å². The van der Waals surface area contributed by atoms with Crippen LogP contribution in [0.5, 0.6) is 0 Å². The third-order valence-corrected chi connectivity index (χ3v) is 7.81. The number of sulfonamides is 1. The van der Waals surface area contributed by atoms with Crippen LogP contribution in [0.3, 0.4) is 0 Å². The van der Waals surface area contributed by atoms with Gasteiger partial charge < -0.3 is 0 Å². The van der Waals surface area contributed by atoms with Crippen molar-refractivity contribution in [1.82, 2.24) is 4.72 Å². The molecule has 2 heterocycles. The first kappa shape index (κ1) is 14.5. The molecule has 0 aliphatic rings. The standard InChI is InChI=1S/C10H9BrClNO2S3/c1-6(8-2-3-9(12)17-8)13-18(14,15)10-7(11)4-5-16-10/h2-6,13H,1H3. The summed E-state index contributed by atoms with van der Waals surface area (Å²) in [5.41, 5.74) is 0. The van der Waals surface area contributed by atoms with E-state index in [1.54, 1.807) is 24.4 Å². The second-order valence-corrected chi connectivity index (χ2v) is 8.97.